The topological polar surface area (TPSA) is 32.8 Å². The highest BCUT2D eigenvalue weighted by atomic mass is 16.5. The van der Waals surface area contributed by atoms with E-state index in [9.17, 15) is 4.79 Å². The van der Waals surface area contributed by atoms with E-state index in [1.165, 1.54) is 0 Å². The maximum Gasteiger partial charge on any atom is 0.239 e. The highest BCUT2D eigenvalue weighted by Gasteiger charge is 2.19. The van der Waals surface area contributed by atoms with Gasteiger partial charge >= 0.3 is 0 Å². The molecule has 4 nitrogen and oxygen atoms in total. The molecule has 1 aromatic rings. The lowest BCUT2D eigenvalue weighted by molar-refractivity contribution is -0.133. The number of hydrogen-bond acceptors (Lipinski definition) is 3. The minimum atomic E-state index is -0.126. The molecular formula is C14H22N2O2. The number of para-hydroxylation sites is 1. The van der Waals surface area contributed by atoms with Gasteiger partial charge in [0.2, 0.25) is 5.91 Å². The zero-order chi connectivity index (χ0) is 13.5. The monoisotopic (exact) mass is 250 g/mol. The number of benzene rings is 1. The van der Waals surface area contributed by atoms with E-state index < -0.39 is 0 Å². The lowest BCUT2D eigenvalue weighted by Crippen LogP contribution is -2.44. The quantitative estimate of drug-likeness (QED) is 0.766. The van der Waals surface area contributed by atoms with Crippen LogP contribution in [-0.4, -0.2) is 56.0 Å². The van der Waals surface area contributed by atoms with Gasteiger partial charge in [-0.2, -0.15) is 0 Å². The van der Waals surface area contributed by atoms with E-state index in [4.69, 9.17) is 4.74 Å². The average molecular weight is 250 g/mol. The summed E-state index contributed by atoms with van der Waals surface area (Å²) in [6.45, 7) is 3.20. The summed E-state index contributed by atoms with van der Waals surface area (Å²) in [5.74, 6) is 0.967. The lowest BCUT2D eigenvalue weighted by atomic mass is 10.2. The second kappa shape index (κ2) is 7.01. The molecule has 1 aromatic carbocycles. The molecule has 1 amide bonds. The largest absolute Gasteiger partial charge is 0.492 e. The number of ether oxygens (including phenoxy) is 1. The number of amides is 1. The highest BCUT2D eigenvalue weighted by molar-refractivity contribution is 5.80. The van der Waals surface area contributed by atoms with E-state index in [0.717, 1.165) is 12.3 Å². The summed E-state index contributed by atoms with van der Waals surface area (Å²) in [5.41, 5.74) is 0. The molecule has 0 aliphatic carbocycles. The second-order valence-corrected chi connectivity index (χ2v) is 4.55. The Balaban J connectivity index is 2.33. The Hall–Kier alpha value is -1.55. The first-order valence-electron chi connectivity index (χ1n) is 6.11. The molecule has 0 spiro atoms. The lowest BCUT2D eigenvalue weighted by Gasteiger charge is -2.26. The maximum absolute atomic E-state index is 11.8. The van der Waals surface area contributed by atoms with E-state index in [0.29, 0.717) is 6.61 Å². The van der Waals surface area contributed by atoms with Crippen LogP contribution in [-0.2, 0) is 4.79 Å². The fraction of sp³-hybridized carbons (Fsp3) is 0.500. The van der Waals surface area contributed by atoms with E-state index in [2.05, 4.69) is 0 Å². The van der Waals surface area contributed by atoms with Gasteiger partial charge in [0.05, 0.1) is 6.04 Å². The van der Waals surface area contributed by atoms with Crippen molar-refractivity contribution >= 4 is 5.91 Å². The smallest absolute Gasteiger partial charge is 0.239 e. The molecule has 0 fully saturated rings. The van der Waals surface area contributed by atoms with Crippen LogP contribution in [0.25, 0.3) is 0 Å². The zero-order valence-corrected chi connectivity index (χ0v) is 11.6. The first-order chi connectivity index (χ1) is 8.52. The van der Waals surface area contributed by atoms with Crippen molar-refractivity contribution in [1.29, 1.82) is 0 Å². The van der Waals surface area contributed by atoms with Crippen molar-refractivity contribution in [1.82, 2.24) is 9.80 Å². The number of carbonyl (C=O) groups is 1. The molecule has 0 aromatic heterocycles. The van der Waals surface area contributed by atoms with Gasteiger partial charge in [0.25, 0.3) is 0 Å². The van der Waals surface area contributed by atoms with Crippen LogP contribution in [0.3, 0.4) is 0 Å². The number of hydrogen-bond donors (Lipinski definition) is 0. The predicted octanol–water partition coefficient (Wildman–Crippen LogP) is 1.47. The SMILES string of the molecule is CC(C(=O)N(C)C)N(C)CCOc1ccccc1. The molecule has 1 rings (SSSR count). The first-order valence-corrected chi connectivity index (χ1v) is 6.11. The van der Waals surface area contributed by atoms with Crippen molar-refractivity contribution in [2.75, 3.05) is 34.3 Å². The Morgan fingerprint density at radius 1 is 1.22 bits per heavy atom. The zero-order valence-electron chi connectivity index (χ0n) is 11.6. The molecule has 0 aliphatic heterocycles. The summed E-state index contributed by atoms with van der Waals surface area (Å²) in [4.78, 5) is 15.4. The number of carbonyl (C=O) groups excluding carboxylic acids is 1. The van der Waals surface area contributed by atoms with Gasteiger partial charge in [0.15, 0.2) is 0 Å². The number of likely N-dealkylation sites (N-methyl/N-ethyl adjacent to an activating group) is 2. The van der Waals surface area contributed by atoms with Crippen molar-refractivity contribution in [3.63, 3.8) is 0 Å². The van der Waals surface area contributed by atoms with Gasteiger partial charge in [0, 0.05) is 20.6 Å². The van der Waals surface area contributed by atoms with Crippen molar-refractivity contribution in [3.05, 3.63) is 30.3 Å². The van der Waals surface area contributed by atoms with Crippen LogP contribution in [0.5, 0.6) is 5.75 Å². The van der Waals surface area contributed by atoms with Gasteiger partial charge < -0.3 is 9.64 Å². The highest BCUT2D eigenvalue weighted by Crippen LogP contribution is 2.08. The molecule has 0 saturated carbocycles. The Bertz CT molecular complexity index is 365. The van der Waals surface area contributed by atoms with Crippen LogP contribution in [0.1, 0.15) is 6.92 Å². The molecule has 1 unspecified atom stereocenters. The van der Waals surface area contributed by atoms with E-state index >= 15 is 0 Å². The summed E-state index contributed by atoms with van der Waals surface area (Å²) in [6.07, 6.45) is 0. The third-order valence-electron chi connectivity index (χ3n) is 2.92. The molecule has 4 heteroatoms. The molecule has 0 aliphatic rings. The number of nitrogens with zero attached hydrogens (tertiary/aromatic N) is 2. The van der Waals surface area contributed by atoms with E-state index in [1.54, 1.807) is 19.0 Å². The Morgan fingerprint density at radius 3 is 2.39 bits per heavy atom. The molecule has 100 valence electrons. The second-order valence-electron chi connectivity index (χ2n) is 4.55. The van der Waals surface area contributed by atoms with Crippen molar-refractivity contribution < 1.29 is 9.53 Å². The minimum absolute atomic E-state index is 0.109. The van der Waals surface area contributed by atoms with Gasteiger partial charge in [-0.15, -0.1) is 0 Å². The van der Waals surface area contributed by atoms with Crippen LogP contribution >= 0.6 is 0 Å². The van der Waals surface area contributed by atoms with Crippen molar-refractivity contribution in [2.45, 2.75) is 13.0 Å². The summed E-state index contributed by atoms with van der Waals surface area (Å²) in [7, 11) is 5.47. The Morgan fingerprint density at radius 2 is 1.83 bits per heavy atom. The van der Waals surface area contributed by atoms with Crippen molar-refractivity contribution in [2.24, 2.45) is 0 Å². The number of rotatable bonds is 6. The molecule has 0 radical (unpaired) electrons. The summed E-state index contributed by atoms with van der Waals surface area (Å²) < 4.78 is 5.60. The van der Waals surface area contributed by atoms with E-state index in [1.807, 2.05) is 49.2 Å². The predicted molar refractivity (Wildman–Crippen MR) is 72.7 cm³/mol. The molecule has 18 heavy (non-hydrogen) atoms. The van der Waals surface area contributed by atoms with Gasteiger partial charge in [-0.1, -0.05) is 18.2 Å². The van der Waals surface area contributed by atoms with Crippen LogP contribution < -0.4 is 4.74 Å². The molecule has 1 atom stereocenters. The van der Waals surface area contributed by atoms with Gasteiger partial charge in [-0.3, -0.25) is 9.69 Å². The third-order valence-corrected chi connectivity index (χ3v) is 2.92. The fourth-order valence-electron chi connectivity index (χ4n) is 1.58. The molecule has 0 saturated heterocycles. The molecular weight excluding hydrogens is 228 g/mol. The normalized spacial score (nSPS) is 12.3. The van der Waals surface area contributed by atoms with Crippen LogP contribution in [0.2, 0.25) is 0 Å². The van der Waals surface area contributed by atoms with Crippen LogP contribution in [0.15, 0.2) is 30.3 Å². The standard InChI is InChI=1S/C14H22N2O2/c1-12(14(17)15(2)3)16(4)10-11-18-13-8-6-5-7-9-13/h5-9,12H,10-11H2,1-4H3. The summed E-state index contributed by atoms with van der Waals surface area (Å²) in [5, 5.41) is 0. The third kappa shape index (κ3) is 4.37. The maximum atomic E-state index is 11.8. The Labute approximate surface area is 109 Å². The minimum Gasteiger partial charge on any atom is -0.492 e. The van der Waals surface area contributed by atoms with Gasteiger partial charge in [-0.25, -0.2) is 0 Å². The summed E-state index contributed by atoms with van der Waals surface area (Å²) >= 11 is 0. The van der Waals surface area contributed by atoms with Gasteiger partial charge in [-0.05, 0) is 26.1 Å². The molecule has 0 N–H and O–H groups in total. The van der Waals surface area contributed by atoms with Gasteiger partial charge in [0.1, 0.15) is 12.4 Å². The van der Waals surface area contributed by atoms with Crippen molar-refractivity contribution in [3.8, 4) is 5.75 Å². The molecule has 0 heterocycles. The Kier molecular flexibility index (Phi) is 5.65. The average Bonchev–Trinajstić information content (AvgIpc) is 2.38. The van der Waals surface area contributed by atoms with E-state index in [-0.39, 0.29) is 11.9 Å². The molecule has 0 bridgehead atoms. The van der Waals surface area contributed by atoms with Crippen LogP contribution in [0.4, 0.5) is 0 Å². The first kappa shape index (κ1) is 14.5. The fourth-order valence-corrected chi connectivity index (χ4v) is 1.58. The summed E-state index contributed by atoms with van der Waals surface area (Å²) in [6, 6.07) is 9.56. The van der Waals surface area contributed by atoms with Crippen LogP contribution in [0, 0.1) is 0 Å².